The second-order valence-electron chi connectivity index (χ2n) is 6.47. The lowest BCUT2D eigenvalue weighted by Gasteiger charge is -2.14. The van der Waals surface area contributed by atoms with E-state index in [9.17, 15) is 14.9 Å². The number of carbonyl (C=O) groups is 1. The highest BCUT2D eigenvalue weighted by Gasteiger charge is 2.31. The SMILES string of the molecule is O=C1S/C(=C\c2cccn2-c2ccc([N+](=O)[O-])cc2)C(=S)N1Cc1ccc(Cl)cc1. The van der Waals surface area contributed by atoms with Gasteiger partial charge >= 0.3 is 0 Å². The van der Waals surface area contributed by atoms with Gasteiger partial charge in [-0.2, -0.15) is 0 Å². The zero-order valence-electron chi connectivity index (χ0n) is 15.4. The number of hydrogen-bond donors (Lipinski definition) is 0. The first-order valence-corrected chi connectivity index (χ1v) is 10.4. The Morgan fingerprint density at radius 2 is 1.80 bits per heavy atom. The van der Waals surface area contributed by atoms with E-state index in [0.29, 0.717) is 21.5 Å². The van der Waals surface area contributed by atoms with Gasteiger partial charge in [0.1, 0.15) is 4.99 Å². The van der Waals surface area contributed by atoms with Crippen LogP contribution in [0.3, 0.4) is 0 Å². The number of rotatable bonds is 5. The molecule has 0 radical (unpaired) electrons. The van der Waals surface area contributed by atoms with Gasteiger partial charge in [0, 0.05) is 34.7 Å². The van der Waals surface area contributed by atoms with Crippen molar-refractivity contribution in [3.63, 3.8) is 0 Å². The average Bonchev–Trinajstić information content (AvgIpc) is 3.30. The summed E-state index contributed by atoms with van der Waals surface area (Å²) in [5.74, 6) is 0. The number of nitrogens with zero attached hydrogens (tertiary/aromatic N) is 3. The van der Waals surface area contributed by atoms with Crippen LogP contribution in [0, 0.1) is 10.1 Å². The Balaban J connectivity index is 1.58. The van der Waals surface area contributed by atoms with E-state index in [-0.39, 0.29) is 10.9 Å². The Bertz CT molecular complexity index is 1170. The van der Waals surface area contributed by atoms with Gasteiger partial charge in [0.05, 0.1) is 16.4 Å². The zero-order chi connectivity index (χ0) is 21.3. The smallest absolute Gasteiger partial charge is 0.291 e. The molecule has 2 heterocycles. The highest BCUT2D eigenvalue weighted by atomic mass is 35.5. The standard InChI is InChI=1S/C21H14ClN3O3S2/c22-15-5-3-14(4-6-15)13-24-20(29)19(30-21(24)26)12-18-2-1-11-23(18)16-7-9-17(10-8-16)25(27)28/h1-12H,13H2/b19-12-. The maximum atomic E-state index is 12.5. The number of carbonyl (C=O) groups excluding carboxylic acids is 1. The maximum absolute atomic E-state index is 12.5. The minimum absolute atomic E-state index is 0.0294. The summed E-state index contributed by atoms with van der Waals surface area (Å²) in [4.78, 5) is 25.7. The molecule has 1 aliphatic heterocycles. The Morgan fingerprint density at radius 1 is 1.10 bits per heavy atom. The van der Waals surface area contributed by atoms with Crippen LogP contribution in [-0.4, -0.2) is 24.6 Å². The Labute approximate surface area is 186 Å². The summed E-state index contributed by atoms with van der Waals surface area (Å²) in [6, 6.07) is 17.3. The summed E-state index contributed by atoms with van der Waals surface area (Å²) in [6.45, 7) is 0.378. The molecule has 0 aliphatic carbocycles. The molecule has 1 fully saturated rings. The van der Waals surface area contributed by atoms with Gasteiger partial charge in [0.25, 0.3) is 10.9 Å². The van der Waals surface area contributed by atoms with Crippen molar-refractivity contribution in [1.82, 2.24) is 9.47 Å². The molecule has 0 unspecified atom stereocenters. The lowest BCUT2D eigenvalue weighted by molar-refractivity contribution is -0.384. The maximum Gasteiger partial charge on any atom is 0.291 e. The summed E-state index contributed by atoms with van der Waals surface area (Å²) < 4.78 is 1.88. The van der Waals surface area contributed by atoms with Gasteiger partial charge in [-0.3, -0.25) is 19.8 Å². The van der Waals surface area contributed by atoms with Gasteiger partial charge in [-0.25, -0.2) is 0 Å². The van der Waals surface area contributed by atoms with Crippen molar-refractivity contribution < 1.29 is 9.72 Å². The molecule has 0 atom stereocenters. The van der Waals surface area contributed by atoms with Gasteiger partial charge < -0.3 is 4.57 Å². The Morgan fingerprint density at radius 3 is 2.47 bits per heavy atom. The van der Waals surface area contributed by atoms with Crippen LogP contribution in [0.4, 0.5) is 10.5 Å². The lowest BCUT2D eigenvalue weighted by atomic mass is 10.2. The number of nitro groups is 1. The number of thiocarbonyl (C=S) groups is 1. The first-order chi connectivity index (χ1) is 14.4. The third kappa shape index (κ3) is 4.16. The number of nitro benzene ring substituents is 1. The molecular weight excluding hydrogens is 442 g/mol. The zero-order valence-corrected chi connectivity index (χ0v) is 17.8. The highest BCUT2D eigenvalue weighted by molar-refractivity contribution is 8.19. The Hall–Kier alpha value is -2.94. The molecular formula is C21H14ClN3O3S2. The van der Waals surface area contributed by atoms with E-state index in [4.69, 9.17) is 23.8 Å². The molecule has 0 spiro atoms. The van der Waals surface area contributed by atoms with Crippen LogP contribution in [0.25, 0.3) is 11.8 Å². The van der Waals surface area contributed by atoms with E-state index in [1.807, 2.05) is 41.1 Å². The number of benzene rings is 2. The molecule has 0 saturated carbocycles. The monoisotopic (exact) mass is 455 g/mol. The van der Waals surface area contributed by atoms with Crippen molar-refractivity contribution >= 4 is 57.6 Å². The first kappa shape index (κ1) is 20.3. The first-order valence-electron chi connectivity index (χ1n) is 8.84. The van der Waals surface area contributed by atoms with Crippen LogP contribution in [0.2, 0.25) is 5.02 Å². The van der Waals surface area contributed by atoms with Crippen LogP contribution in [-0.2, 0) is 6.54 Å². The molecule has 1 aromatic heterocycles. The van der Waals surface area contributed by atoms with E-state index in [2.05, 4.69) is 0 Å². The van der Waals surface area contributed by atoms with Crippen molar-refractivity contribution in [3.05, 3.63) is 98.2 Å². The number of amides is 1. The largest absolute Gasteiger partial charge is 0.317 e. The predicted octanol–water partition coefficient (Wildman–Crippen LogP) is 6.08. The van der Waals surface area contributed by atoms with Crippen molar-refractivity contribution in [2.75, 3.05) is 0 Å². The van der Waals surface area contributed by atoms with E-state index >= 15 is 0 Å². The number of non-ortho nitro benzene ring substituents is 1. The van der Waals surface area contributed by atoms with Crippen LogP contribution in [0.5, 0.6) is 0 Å². The summed E-state index contributed by atoms with van der Waals surface area (Å²) in [6.07, 6.45) is 3.71. The number of hydrogen-bond acceptors (Lipinski definition) is 5. The van der Waals surface area contributed by atoms with Crippen LogP contribution in [0.1, 0.15) is 11.3 Å². The Kier molecular flexibility index (Phi) is 5.72. The summed E-state index contributed by atoms with van der Waals surface area (Å²) >= 11 is 12.6. The fourth-order valence-electron chi connectivity index (χ4n) is 3.02. The van der Waals surface area contributed by atoms with Gasteiger partial charge in [0.15, 0.2) is 0 Å². The van der Waals surface area contributed by atoms with E-state index in [1.165, 1.54) is 12.1 Å². The second-order valence-corrected chi connectivity index (χ2v) is 8.29. The molecule has 1 aliphatic rings. The van der Waals surface area contributed by atoms with Gasteiger partial charge in [0.2, 0.25) is 0 Å². The lowest BCUT2D eigenvalue weighted by Crippen LogP contribution is -2.26. The fraction of sp³-hybridized carbons (Fsp3) is 0.0476. The van der Waals surface area contributed by atoms with E-state index in [1.54, 1.807) is 29.2 Å². The van der Waals surface area contributed by atoms with Crippen molar-refractivity contribution in [1.29, 1.82) is 0 Å². The van der Waals surface area contributed by atoms with Crippen molar-refractivity contribution in [2.45, 2.75) is 6.54 Å². The van der Waals surface area contributed by atoms with E-state index in [0.717, 1.165) is 28.7 Å². The minimum atomic E-state index is -0.434. The van der Waals surface area contributed by atoms with Crippen LogP contribution in [0.15, 0.2) is 71.8 Å². The number of aromatic nitrogens is 1. The predicted molar refractivity (Wildman–Crippen MR) is 123 cm³/mol. The average molecular weight is 456 g/mol. The molecule has 1 amide bonds. The third-order valence-corrected chi connectivity index (χ3v) is 6.27. The molecule has 0 bridgehead atoms. The summed E-state index contributed by atoms with van der Waals surface area (Å²) in [7, 11) is 0. The molecule has 150 valence electrons. The van der Waals surface area contributed by atoms with Crippen molar-refractivity contribution in [2.24, 2.45) is 0 Å². The van der Waals surface area contributed by atoms with Crippen LogP contribution >= 0.6 is 35.6 Å². The van der Waals surface area contributed by atoms with Gasteiger partial charge in [-0.05, 0) is 59.8 Å². The second kappa shape index (κ2) is 8.43. The fourth-order valence-corrected chi connectivity index (χ4v) is 4.37. The highest BCUT2D eigenvalue weighted by Crippen LogP contribution is 2.35. The van der Waals surface area contributed by atoms with Gasteiger partial charge in [-0.1, -0.05) is 36.0 Å². The number of halogens is 1. The number of thioether (sulfide) groups is 1. The molecule has 30 heavy (non-hydrogen) atoms. The normalized spacial score (nSPS) is 15.2. The topological polar surface area (TPSA) is 68.4 Å². The van der Waals surface area contributed by atoms with Crippen LogP contribution < -0.4 is 0 Å². The molecule has 9 heteroatoms. The van der Waals surface area contributed by atoms with E-state index < -0.39 is 4.92 Å². The molecule has 0 N–H and O–H groups in total. The molecule has 1 saturated heterocycles. The summed E-state index contributed by atoms with van der Waals surface area (Å²) in [5, 5.41) is 11.4. The van der Waals surface area contributed by atoms with Gasteiger partial charge in [-0.15, -0.1) is 0 Å². The minimum Gasteiger partial charge on any atom is -0.317 e. The van der Waals surface area contributed by atoms with Crippen molar-refractivity contribution in [3.8, 4) is 5.69 Å². The quantitative estimate of drug-likeness (QED) is 0.202. The third-order valence-electron chi connectivity index (χ3n) is 4.53. The summed E-state index contributed by atoms with van der Waals surface area (Å²) in [5.41, 5.74) is 2.55. The molecule has 4 rings (SSSR count). The molecule has 2 aromatic carbocycles. The molecule has 3 aromatic rings. The molecule has 6 nitrogen and oxygen atoms in total.